The summed E-state index contributed by atoms with van der Waals surface area (Å²) in [5, 5.41) is 3.91. The van der Waals surface area contributed by atoms with Gasteiger partial charge in [-0.25, -0.2) is 4.98 Å². The van der Waals surface area contributed by atoms with Crippen LogP contribution in [0.4, 0.5) is 5.69 Å². The van der Waals surface area contributed by atoms with Crippen LogP contribution in [0.2, 0.25) is 0 Å². The average molecular weight is 302 g/mol. The monoisotopic (exact) mass is 302 g/mol. The number of amides is 1. The molecule has 5 nitrogen and oxygen atoms in total. The number of para-hydroxylation sites is 1. The minimum absolute atomic E-state index is 0.155. The van der Waals surface area contributed by atoms with Gasteiger partial charge in [0.2, 0.25) is 0 Å². The zero-order valence-corrected chi connectivity index (χ0v) is 12.5. The first-order valence-corrected chi connectivity index (χ1v) is 7.31. The van der Waals surface area contributed by atoms with E-state index in [1.165, 1.54) is 0 Å². The predicted octanol–water partition coefficient (Wildman–Crippen LogP) is 3.67. The second-order valence-corrected chi connectivity index (χ2v) is 5.42. The average Bonchev–Trinajstić information content (AvgIpc) is 3.02. The maximum absolute atomic E-state index is 12.6. The van der Waals surface area contributed by atoms with E-state index >= 15 is 0 Å². The number of aromatic nitrogens is 3. The Kier molecular flexibility index (Phi) is 3.05. The Hall–Kier alpha value is -3.21. The van der Waals surface area contributed by atoms with Gasteiger partial charge >= 0.3 is 0 Å². The van der Waals surface area contributed by atoms with Gasteiger partial charge in [0.05, 0.1) is 28.6 Å². The van der Waals surface area contributed by atoms with Crippen LogP contribution >= 0.6 is 0 Å². The highest BCUT2D eigenvalue weighted by Gasteiger charge is 2.11. The number of carbonyl (C=O) groups excluding carboxylic acids is 1. The fourth-order valence-electron chi connectivity index (χ4n) is 2.68. The van der Waals surface area contributed by atoms with Crippen LogP contribution in [0.15, 0.2) is 54.9 Å². The molecule has 112 valence electrons. The second-order valence-electron chi connectivity index (χ2n) is 5.42. The molecule has 0 aliphatic heterocycles. The number of anilines is 1. The van der Waals surface area contributed by atoms with Gasteiger partial charge in [0.1, 0.15) is 0 Å². The van der Waals surface area contributed by atoms with Crippen LogP contribution < -0.4 is 5.32 Å². The van der Waals surface area contributed by atoms with Crippen molar-refractivity contribution in [2.45, 2.75) is 6.92 Å². The van der Waals surface area contributed by atoms with Crippen molar-refractivity contribution in [3.63, 3.8) is 0 Å². The zero-order valence-electron chi connectivity index (χ0n) is 12.5. The van der Waals surface area contributed by atoms with Crippen LogP contribution in [0.5, 0.6) is 0 Å². The third kappa shape index (κ3) is 2.42. The number of aryl methyl sites for hydroxylation is 1. The van der Waals surface area contributed by atoms with E-state index in [0.717, 1.165) is 33.3 Å². The summed E-state index contributed by atoms with van der Waals surface area (Å²) in [6.45, 7) is 1.92. The van der Waals surface area contributed by atoms with E-state index in [1.807, 2.05) is 43.3 Å². The van der Waals surface area contributed by atoms with Gasteiger partial charge in [-0.15, -0.1) is 0 Å². The summed E-state index contributed by atoms with van der Waals surface area (Å²) in [7, 11) is 0. The van der Waals surface area contributed by atoms with Gasteiger partial charge in [-0.1, -0.05) is 18.2 Å². The molecule has 4 rings (SSSR count). The number of H-pyrrole nitrogens is 1. The molecule has 0 bridgehead atoms. The van der Waals surface area contributed by atoms with Crippen molar-refractivity contribution in [2.24, 2.45) is 0 Å². The second kappa shape index (κ2) is 5.21. The summed E-state index contributed by atoms with van der Waals surface area (Å²) in [4.78, 5) is 24.2. The van der Waals surface area contributed by atoms with Crippen LogP contribution in [-0.4, -0.2) is 20.9 Å². The lowest BCUT2D eigenvalue weighted by molar-refractivity contribution is 0.102. The SMILES string of the molecule is Cc1cc(NC(=O)c2ccc3nc[nH]c3c2)c2ccccc2n1. The van der Waals surface area contributed by atoms with Gasteiger partial charge in [-0.3, -0.25) is 9.78 Å². The lowest BCUT2D eigenvalue weighted by atomic mass is 10.1. The third-order valence-corrected chi connectivity index (χ3v) is 3.77. The molecule has 2 N–H and O–H groups in total. The van der Waals surface area contributed by atoms with Gasteiger partial charge in [0.25, 0.3) is 5.91 Å². The standard InChI is InChI=1S/C18H14N4O/c1-11-8-16(13-4-2-3-5-14(13)21-11)22-18(23)12-6-7-15-17(9-12)20-10-19-15/h2-10H,1H3,(H,19,20)(H,21,22,23). The summed E-state index contributed by atoms with van der Waals surface area (Å²) in [6.07, 6.45) is 1.62. The van der Waals surface area contributed by atoms with Crippen LogP contribution in [0.25, 0.3) is 21.9 Å². The quantitative estimate of drug-likeness (QED) is 0.593. The fraction of sp³-hybridized carbons (Fsp3) is 0.0556. The van der Waals surface area contributed by atoms with Crippen LogP contribution in [-0.2, 0) is 0 Å². The number of nitrogens with one attached hydrogen (secondary N) is 2. The number of benzene rings is 2. The van der Waals surface area contributed by atoms with E-state index in [2.05, 4.69) is 20.3 Å². The molecule has 1 amide bonds. The molecule has 0 radical (unpaired) electrons. The van der Waals surface area contributed by atoms with Crippen LogP contribution in [0.1, 0.15) is 16.1 Å². The van der Waals surface area contributed by atoms with E-state index in [1.54, 1.807) is 18.5 Å². The normalized spacial score (nSPS) is 11.0. The number of carbonyl (C=O) groups is 1. The molecule has 0 fully saturated rings. The fourth-order valence-corrected chi connectivity index (χ4v) is 2.68. The lowest BCUT2D eigenvalue weighted by Crippen LogP contribution is -2.12. The largest absolute Gasteiger partial charge is 0.345 e. The van der Waals surface area contributed by atoms with Crippen molar-refractivity contribution in [2.75, 3.05) is 5.32 Å². The Balaban J connectivity index is 1.73. The smallest absolute Gasteiger partial charge is 0.255 e. The van der Waals surface area contributed by atoms with Gasteiger partial charge in [-0.05, 0) is 37.3 Å². The maximum Gasteiger partial charge on any atom is 0.255 e. The highest BCUT2D eigenvalue weighted by molar-refractivity contribution is 6.09. The van der Waals surface area contributed by atoms with Crippen molar-refractivity contribution in [1.29, 1.82) is 0 Å². The van der Waals surface area contributed by atoms with Crippen LogP contribution in [0, 0.1) is 6.92 Å². The number of imidazole rings is 1. The van der Waals surface area contributed by atoms with E-state index in [9.17, 15) is 4.79 Å². The number of hydrogen-bond acceptors (Lipinski definition) is 3. The first-order chi connectivity index (χ1) is 11.2. The number of nitrogens with zero attached hydrogens (tertiary/aromatic N) is 2. The molecule has 2 aromatic heterocycles. The van der Waals surface area contributed by atoms with Gasteiger partial charge in [-0.2, -0.15) is 0 Å². The van der Waals surface area contributed by atoms with E-state index in [-0.39, 0.29) is 5.91 Å². The maximum atomic E-state index is 12.6. The number of rotatable bonds is 2. The molecule has 0 atom stereocenters. The molecule has 23 heavy (non-hydrogen) atoms. The summed E-state index contributed by atoms with van der Waals surface area (Å²) < 4.78 is 0. The molecular formula is C18H14N4O. The van der Waals surface area contributed by atoms with Crippen molar-refractivity contribution in [3.8, 4) is 0 Å². The van der Waals surface area contributed by atoms with E-state index in [0.29, 0.717) is 5.56 Å². The Morgan fingerprint density at radius 3 is 2.87 bits per heavy atom. The molecule has 0 spiro atoms. The summed E-state index contributed by atoms with van der Waals surface area (Å²) in [6, 6.07) is 15.1. The Labute approximate surface area is 132 Å². The van der Waals surface area contributed by atoms with E-state index in [4.69, 9.17) is 0 Å². The molecule has 2 heterocycles. The van der Waals surface area contributed by atoms with Crippen molar-refractivity contribution < 1.29 is 4.79 Å². The lowest BCUT2D eigenvalue weighted by Gasteiger charge is -2.10. The number of aromatic amines is 1. The summed E-state index contributed by atoms with van der Waals surface area (Å²) in [5.74, 6) is -0.155. The molecule has 2 aromatic carbocycles. The minimum Gasteiger partial charge on any atom is -0.345 e. The summed E-state index contributed by atoms with van der Waals surface area (Å²) >= 11 is 0. The Morgan fingerprint density at radius 2 is 1.96 bits per heavy atom. The Morgan fingerprint density at radius 1 is 1.09 bits per heavy atom. The third-order valence-electron chi connectivity index (χ3n) is 3.77. The molecular weight excluding hydrogens is 288 g/mol. The first-order valence-electron chi connectivity index (χ1n) is 7.31. The highest BCUT2D eigenvalue weighted by atomic mass is 16.1. The number of hydrogen-bond donors (Lipinski definition) is 2. The highest BCUT2D eigenvalue weighted by Crippen LogP contribution is 2.23. The topological polar surface area (TPSA) is 70.7 Å². The number of fused-ring (bicyclic) bond motifs is 2. The van der Waals surface area contributed by atoms with Crippen molar-refractivity contribution >= 4 is 33.5 Å². The van der Waals surface area contributed by atoms with Gasteiger partial charge in [0.15, 0.2) is 0 Å². The molecule has 0 saturated carbocycles. The van der Waals surface area contributed by atoms with E-state index < -0.39 is 0 Å². The minimum atomic E-state index is -0.155. The van der Waals surface area contributed by atoms with Crippen molar-refractivity contribution in [1.82, 2.24) is 15.0 Å². The first kappa shape index (κ1) is 13.5. The zero-order chi connectivity index (χ0) is 15.8. The molecule has 0 unspecified atom stereocenters. The molecule has 4 aromatic rings. The van der Waals surface area contributed by atoms with Crippen LogP contribution in [0.3, 0.4) is 0 Å². The Bertz CT molecular complexity index is 1040. The molecule has 5 heteroatoms. The van der Waals surface area contributed by atoms with Crippen molar-refractivity contribution in [3.05, 3.63) is 66.1 Å². The van der Waals surface area contributed by atoms with Gasteiger partial charge in [0, 0.05) is 16.6 Å². The molecule has 0 aliphatic carbocycles. The summed E-state index contributed by atoms with van der Waals surface area (Å²) in [5.41, 5.74) is 4.76. The van der Waals surface area contributed by atoms with Gasteiger partial charge < -0.3 is 10.3 Å². The molecule has 0 aliphatic rings. The number of pyridine rings is 1. The molecule has 0 saturated heterocycles. The predicted molar refractivity (Wildman–Crippen MR) is 90.5 cm³/mol.